The number of carbonyl (C=O) groups is 1. The van der Waals surface area contributed by atoms with Crippen molar-refractivity contribution >= 4 is 16.8 Å². The zero-order valence-corrected chi connectivity index (χ0v) is 15.7. The molecule has 4 rings (SSSR count). The largest absolute Gasteiger partial charge is 0.483 e. The van der Waals surface area contributed by atoms with E-state index in [4.69, 9.17) is 4.74 Å². The number of rotatable bonds is 4. The highest BCUT2D eigenvalue weighted by molar-refractivity contribution is 5.86. The molecule has 0 spiro atoms. The Morgan fingerprint density at radius 2 is 2.04 bits per heavy atom. The maximum atomic E-state index is 12.8. The number of aryl methyl sites for hydroxylation is 1. The van der Waals surface area contributed by atoms with Gasteiger partial charge in [0.25, 0.3) is 5.91 Å². The summed E-state index contributed by atoms with van der Waals surface area (Å²) < 4.78 is 5.79. The SMILES string of the molecule is Cc1cccc(OCC(=O)N2Cc3[nH]c4ccccc4c3CC2CO)c1C. The first-order valence-corrected chi connectivity index (χ1v) is 9.26. The minimum atomic E-state index is -0.230. The Labute approximate surface area is 158 Å². The second kappa shape index (κ2) is 7.08. The van der Waals surface area contributed by atoms with Gasteiger partial charge in [0.1, 0.15) is 5.75 Å². The fourth-order valence-electron chi connectivity index (χ4n) is 3.83. The number of amides is 1. The number of hydrogen-bond acceptors (Lipinski definition) is 3. The molecule has 1 aliphatic rings. The number of ether oxygens (including phenoxy) is 1. The van der Waals surface area contributed by atoms with Crippen molar-refractivity contribution in [2.24, 2.45) is 0 Å². The minimum absolute atomic E-state index is 0.0314. The van der Waals surface area contributed by atoms with Crippen molar-refractivity contribution in [3.8, 4) is 5.75 Å². The van der Waals surface area contributed by atoms with Crippen molar-refractivity contribution in [1.29, 1.82) is 0 Å². The highest BCUT2D eigenvalue weighted by Crippen LogP contribution is 2.30. The number of fused-ring (bicyclic) bond motifs is 3. The highest BCUT2D eigenvalue weighted by Gasteiger charge is 2.31. The molecule has 0 fully saturated rings. The zero-order chi connectivity index (χ0) is 19.0. The van der Waals surface area contributed by atoms with E-state index >= 15 is 0 Å². The lowest BCUT2D eigenvalue weighted by Gasteiger charge is -2.34. The topological polar surface area (TPSA) is 65.6 Å². The fraction of sp³-hybridized carbons (Fsp3) is 0.318. The number of carbonyl (C=O) groups excluding carboxylic acids is 1. The first-order valence-electron chi connectivity index (χ1n) is 9.26. The third-order valence-electron chi connectivity index (χ3n) is 5.55. The molecule has 5 nitrogen and oxygen atoms in total. The van der Waals surface area contributed by atoms with Crippen LogP contribution in [0.5, 0.6) is 5.75 Å². The minimum Gasteiger partial charge on any atom is -0.483 e. The second-order valence-electron chi connectivity index (χ2n) is 7.18. The molecule has 2 heterocycles. The van der Waals surface area contributed by atoms with Crippen LogP contribution < -0.4 is 4.74 Å². The van der Waals surface area contributed by atoms with Gasteiger partial charge in [-0.1, -0.05) is 30.3 Å². The number of nitrogens with one attached hydrogen (secondary N) is 1. The van der Waals surface area contributed by atoms with Crippen LogP contribution in [-0.2, 0) is 17.8 Å². The predicted molar refractivity (Wildman–Crippen MR) is 105 cm³/mol. The molecule has 27 heavy (non-hydrogen) atoms. The summed E-state index contributed by atoms with van der Waals surface area (Å²) in [4.78, 5) is 18.0. The van der Waals surface area contributed by atoms with Gasteiger partial charge in [-0.25, -0.2) is 0 Å². The van der Waals surface area contributed by atoms with Gasteiger partial charge < -0.3 is 19.7 Å². The van der Waals surface area contributed by atoms with Crippen LogP contribution in [-0.4, -0.2) is 40.2 Å². The Balaban J connectivity index is 1.54. The first kappa shape index (κ1) is 17.6. The van der Waals surface area contributed by atoms with Crippen molar-refractivity contribution < 1.29 is 14.6 Å². The fourth-order valence-corrected chi connectivity index (χ4v) is 3.83. The third kappa shape index (κ3) is 3.19. The molecule has 5 heteroatoms. The number of aliphatic hydroxyl groups excluding tert-OH is 1. The summed E-state index contributed by atoms with van der Waals surface area (Å²) in [5, 5.41) is 11.0. The Hall–Kier alpha value is -2.79. The van der Waals surface area contributed by atoms with Crippen LogP contribution in [0.1, 0.15) is 22.4 Å². The number of aromatic nitrogens is 1. The number of para-hydroxylation sites is 1. The molecular weight excluding hydrogens is 340 g/mol. The van der Waals surface area contributed by atoms with Gasteiger partial charge in [0.2, 0.25) is 0 Å². The predicted octanol–water partition coefficient (Wildman–Crippen LogP) is 3.11. The molecule has 1 aliphatic heterocycles. The normalized spacial score (nSPS) is 16.4. The molecule has 0 saturated carbocycles. The average Bonchev–Trinajstić information content (AvgIpc) is 3.05. The lowest BCUT2D eigenvalue weighted by atomic mass is 9.97. The van der Waals surface area contributed by atoms with Crippen LogP contribution in [0.3, 0.4) is 0 Å². The van der Waals surface area contributed by atoms with E-state index in [-0.39, 0.29) is 25.2 Å². The summed E-state index contributed by atoms with van der Waals surface area (Å²) in [5.74, 6) is 0.617. The number of aromatic amines is 1. The van der Waals surface area contributed by atoms with Gasteiger partial charge in [-0.15, -0.1) is 0 Å². The quantitative estimate of drug-likeness (QED) is 0.748. The van der Waals surface area contributed by atoms with Gasteiger partial charge >= 0.3 is 0 Å². The van der Waals surface area contributed by atoms with E-state index < -0.39 is 0 Å². The molecule has 1 aromatic heterocycles. The van der Waals surface area contributed by atoms with Crippen molar-refractivity contribution in [2.45, 2.75) is 32.9 Å². The summed E-state index contributed by atoms with van der Waals surface area (Å²) in [7, 11) is 0. The monoisotopic (exact) mass is 364 g/mol. The summed E-state index contributed by atoms with van der Waals surface area (Å²) in [6, 6.07) is 13.7. The molecule has 2 aromatic carbocycles. The lowest BCUT2D eigenvalue weighted by Crippen LogP contribution is -2.48. The Morgan fingerprint density at radius 1 is 1.22 bits per heavy atom. The van der Waals surface area contributed by atoms with Crippen molar-refractivity contribution in [1.82, 2.24) is 9.88 Å². The van der Waals surface area contributed by atoms with E-state index in [1.165, 1.54) is 10.9 Å². The lowest BCUT2D eigenvalue weighted by molar-refractivity contribution is -0.138. The number of hydrogen-bond donors (Lipinski definition) is 2. The van der Waals surface area contributed by atoms with Crippen molar-refractivity contribution in [3.63, 3.8) is 0 Å². The smallest absolute Gasteiger partial charge is 0.261 e. The maximum Gasteiger partial charge on any atom is 0.261 e. The third-order valence-corrected chi connectivity index (χ3v) is 5.55. The summed E-state index contributed by atoms with van der Waals surface area (Å²) >= 11 is 0. The van der Waals surface area contributed by atoms with E-state index in [9.17, 15) is 9.90 Å². The van der Waals surface area contributed by atoms with Gasteiger partial charge in [0, 0.05) is 16.6 Å². The summed E-state index contributed by atoms with van der Waals surface area (Å²) in [6.07, 6.45) is 0.644. The molecule has 3 aromatic rings. The molecule has 0 aliphatic carbocycles. The van der Waals surface area contributed by atoms with Crippen molar-refractivity contribution in [3.05, 3.63) is 64.8 Å². The van der Waals surface area contributed by atoms with Gasteiger partial charge in [-0.05, 0) is 49.1 Å². The van der Waals surface area contributed by atoms with Crippen LogP contribution >= 0.6 is 0 Å². The molecule has 0 radical (unpaired) electrons. The van der Waals surface area contributed by atoms with Crippen LogP contribution in [0.15, 0.2) is 42.5 Å². The standard InChI is InChI=1S/C22H24N2O3/c1-14-6-5-9-21(15(14)2)27-13-22(26)24-11-20-18(10-16(24)12-25)17-7-3-4-8-19(17)23-20/h3-9,16,23,25H,10-13H2,1-2H3. The summed E-state index contributed by atoms with van der Waals surface area (Å²) in [6.45, 7) is 4.38. The number of benzene rings is 2. The van der Waals surface area contributed by atoms with Gasteiger partial charge in [0.05, 0.1) is 19.2 Å². The van der Waals surface area contributed by atoms with E-state index in [1.807, 2.05) is 50.2 Å². The number of H-pyrrole nitrogens is 1. The van der Waals surface area contributed by atoms with Crippen LogP contribution in [0.4, 0.5) is 0 Å². The van der Waals surface area contributed by atoms with Crippen molar-refractivity contribution in [2.75, 3.05) is 13.2 Å². The average molecular weight is 364 g/mol. The first-order chi connectivity index (χ1) is 13.1. The molecular formula is C22H24N2O3. The van der Waals surface area contributed by atoms with E-state index in [0.29, 0.717) is 13.0 Å². The van der Waals surface area contributed by atoms with E-state index in [2.05, 4.69) is 11.1 Å². The van der Waals surface area contributed by atoms with E-state index in [0.717, 1.165) is 28.1 Å². The molecule has 1 unspecified atom stereocenters. The van der Waals surface area contributed by atoms with Gasteiger partial charge in [-0.2, -0.15) is 0 Å². The molecule has 1 amide bonds. The van der Waals surface area contributed by atoms with Gasteiger partial charge in [-0.3, -0.25) is 4.79 Å². The van der Waals surface area contributed by atoms with Crippen LogP contribution in [0.25, 0.3) is 10.9 Å². The Bertz CT molecular complexity index is 992. The number of aliphatic hydroxyl groups is 1. The second-order valence-corrected chi connectivity index (χ2v) is 7.18. The van der Waals surface area contributed by atoms with Crippen LogP contribution in [0.2, 0.25) is 0 Å². The van der Waals surface area contributed by atoms with Crippen LogP contribution in [0, 0.1) is 13.8 Å². The molecule has 140 valence electrons. The number of nitrogens with zero attached hydrogens (tertiary/aromatic N) is 1. The summed E-state index contributed by atoms with van der Waals surface area (Å²) in [5.41, 5.74) is 5.49. The molecule has 1 atom stereocenters. The Kier molecular flexibility index (Phi) is 4.62. The Morgan fingerprint density at radius 3 is 2.85 bits per heavy atom. The van der Waals surface area contributed by atoms with E-state index in [1.54, 1.807) is 4.90 Å². The maximum absolute atomic E-state index is 12.8. The highest BCUT2D eigenvalue weighted by atomic mass is 16.5. The molecule has 0 bridgehead atoms. The van der Waals surface area contributed by atoms with Gasteiger partial charge in [0.15, 0.2) is 6.61 Å². The molecule has 2 N–H and O–H groups in total. The zero-order valence-electron chi connectivity index (χ0n) is 15.7. The molecule has 0 saturated heterocycles.